The van der Waals surface area contributed by atoms with E-state index in [1.54, 1.807) is 14.0 Å². The Balaban J connectivity index is 1.93. The van der Waals surface area contributed by atoms with Crippen LogP contribution in [0.25, 0.3) is 0 Å². The Kier molecular flexibility index (Phi) is 4.09. The Hall–Kier alpha value is -0.770. The molecule has 0 spiro atoms. The van der Waals surface area contributed by atoms with E-state index in [-0.39, 0.29) is 12.0 Å². The van der Waals surface area contributed by atoms with E-state index in [0.29, 0.717) is 13.0 Å². The van der Waals surface area contributed by atoms with E-state index in [9.17, 15) is 4.79 Å². The summed E-state index contributed by atoms with van der Waals surface area (Å²) in [6, 6.07) is 9.75. The standard InChI is InChI=1S/C14H17Cl2NO2/c1-13(9-14(13,15)16)12(18)17-8-11(19-2)10-6-4-3-5-7-10/h3-7,11H,8-9H2,1-2H3,(H,17,18). The molecule has 0 heterocycles. The quantitative estimate of drug-likeness (QED) is 0.849. The second kappa shape index (κ2) is 5.31. The number of ether oxygens (including phenoxy) is 1. The van der Waals surface area contributed by atoms with Crippen LogP contribution in [-0.2, 0) is 9.53 Å². The van der Waals surface area contributed by atoms with Gasteiger partial charge in [0.1, 0.15) is 4.33 Å². The number of halogens is 2. The SMILES string of the molecule is COC(CNC(=O)C1(C)CC1(Cl)Cl)c1ccccc1. The van der Waals surface area contributed by atoms with Gasteiger partial charge in [-0.3, -0.25) is 4.79 Å². The van der Waals surface area contributed by atoms with Gasteiger partial charge in [-0.15, -0.1) is 23.2 Å². The molecule has 1 saturated carbocycles. The predicted molar refractivity (Wildman–Crippen MR) is 76.4 cm³/mol. The van der Waals surface area contributed by atoms with Crippen LogP contribution in [0.3, 0.4) is 0 Å². The molecular weight excluding hydrogens is 285 g/mol. The summed E-state index contributed by atoms with van der Waals surface area (Å²) in [5.41, 5.74) is 0.333. The smallest absolute Gasteiger partial charge is 0.229 e. The Labute approximate surface area is 123 Å². The Morgan fingerprint density at radius 3 is 2.47 bits per heavy atom. The molecular formula is C14H17Cl2NO2. The lowest BCUT2D eigenvalue weighted by atomic mass is 10.1. The summed E-state index contributed by atoms with van der Waals surface area (Å²) in [5.74, 6) is -0.129. The first-order valence-corrected chi connectivity index (χ1v) is 6.90. The maximum absolute atomic E-state index is 12.1. The molecule has 1 N–H and O–H groups in total. The van der Waals surface area contributed by atoms with E-state index in [1.807, 2.05) is 30.3 Å². The van der Waals surface area contributed by atoms with E-state index in [0.717, 1.165) is 5.56 Å². The number of hydrogen-bond donors (Lipinski definition) is 1. The molecule has 2 atom stereocenters. The van der Waals surface area contributed by atoms with Crippen molar-refractivity contribution in [1.29, 1.82) is 0 Å². The molecule has 104 valence electrons. The Bertz CT molecular complexity index is 464. The second-order valence-electron chi connectivity index (χ2n) is 5.06. The summed E-state index contributed by atoms with van der Waals surface area (Å²) in [7, 11) is 1.62. The van der Waals surface area contributed by atoms with Gasteiger partial charge in [-0.2, -0.15) is 0 Å². The number of amides is 1. The lowest BCUT2D eigenvalue weighted by Gasteiger charge is -2.18. The van der Waals surface area contributed by atoms with E-state index in [2.05, 4.69) is 5.32 Å². The maximum Gasteiger partial charge on any atom is 0.229 e. The van der Waals surface area contributed by atoms with Crippen molar-refractivity contribution >= 4 is 29.1 Å². The van der Waals surface area contributed by atoms with Crippen LogP contribution in [0, 0.1) is 5.41 Å². The van der Waals surface area contributed by atoms with E-state index in [4.69, 9.17) is 27.9 Å². The van der Waals surface area contributed by atoms with Crippen molar-refractivity contribution in [3.8, 4) is 0 Å². The summed E-state index contributed by atoms with van der Waals surface area (Å²) in [5, 5.41) is 2.86. The first-order chi connectivity index (χ1) is 8.90. The predicted octanol–water partition coefficient (Wildman–Crippen LogP) is 3.07. The molecule has 1 aromatic carbocycles. The van der Waals surface area contributed by atoms with E-state index >= 15 is 0 Å². The zero-order valence-corrected chi connectivity index (χ0v) is 12.5. The average Bonchev–Trinajstić information content (AvgIpc) is 2.92. The fourth-order valence-corrected chi connectivity index (χ4v) is 2.74. The molecule has 0 aliphatic heterocycles. The highest BCUT2D eigenvalue weighted by Crippen LogP contribution is 2.63. The van der Waals surface area contributed by atoms with Gasteiger partial charge in [-0.25, -0.2) is 0 Å². The van der Waals surface area contributed by atoms with E-state index < -0.39 is 9.75 Å². The molecule has 1 aliphatic rings. The van der Waals surface area contributed by atoms with Crippen LogP contribution >= 0.6 is 23.2 Å². The van der Waals surface area contributed by atoms with Gasteiger partial charge in [0, 0.05) is 13.7 Å². The number of methoxy groups -OCH3 is 1. The summed E-state index contributed by atoms with van der Waals surface area (Å²) < 4.78 is 4.45. The van der Waals surface area contributed by atoms with Gasteiger partial charge in [-0.1, -0.05) is 30.3 Å². The zero-order chi connectivity index (χ0) is 14.1. The minimum atomic E-state index is -0.938. The molecule has 1 amide bonds. The molecule has 1 aliphatic carbocycles. The fourth-order valence-electron chi connectivity index (χ4n) is 2.03. The van der Waals surface area contributed by atoms with Gasteiger partial charge in [0.25, 0.3) is 0 Å². The number of benzene rings is 1. The van der Waals surface area contributed by atoms with Crippen molar-refractivity contribution in [3.05, 3.63) is 35.9 Å². The molecule has 1 aromatic rings. The lowest BCUT2D eigenvalue weighted by Crippen LogP contribution is -2.36. The average molecular weight is 302 g/mol. The molecule has 2 unspecified atom stereocenters. The third-order valence-corrected chi connectivity index (χ3v) is 4.76. The lowest BCUT2D eigenvalue weighted by molar-refractivity contribution is -0.126. The molecule has 0 bridgehead atoms. The van der Waals surface area contributed by atoms with E-state index in [1.165, 1.54) is 0 Å². The topological polar surface area (TPSA) is 38.3 Å². The van der Waals surface area contributed by atoms with Crippen LogP contribution in [0.4, 0.5) is 0 Å². The number of carbonyl (C=O) groups excluding carboxylic acids is 1. The zero-order valence-electron chi connectivity index (χ0n) is 11.0. The number of hydrogen-bond acceptors (Lipinski definition) is 2. The van der Waals surface area contributed by atoms with Crippen LogP contribution in [0.1, 0.15) is 25.0 Å². The first kappa shape index (κ1) is 14.6. The third kappa shape index (κ3) is 2.88. The van der Waals surface area contributed by atoms with Crippen LogP contribution < -0.4 is 5.32 Å². The molecule has 3 nitrogen and oxygen atoms in total. The number of rotatable bonds is 5. The molecule has 0 aromatic heterocycles. The van der Waals surface area contributed by atoms with Crippen LogP contribution in [0.5, 0.6) is 0 Å². The van der Waals surface area contributed by atoms with Crippen molar-refractivity contribution in [3.63, 3.8) is 0 Å². The minimum Gasteiger partial charge on any atom is -0.375 e. The minimum absolute atomic E-state index is 0.129. The molecule has 0 saturated heterocycles. The van der Waals surface area contributed by atoms with Gasteiger partial charge >= 0.3 is 0 Å². The maximum atomic E-state index is 12.1. The highest BCUT2D eigenvalue weighted by molar-refractivity contribution is 6.53. The molecule has 2 rings (SSSR count). The molecule has 5 heteroatoms. The molecule has 19 heavy (non-hydrogen) atoms. The third-order valence-electron chi connectivity index (χ3n) is 3.66. The van der Waals surface area contributed by atoms with Gasteiger partial charge in [0.05, 0.1) is 11.5 Å². The van der Waals surface area contributed by atoms with Crippen LogP contribution in [-0.4, -0.2) is 23.9 Å². The molecule has 1 fully saturated rings. The van der Waals surface area contributed by atoms with Gasteiger partial charge < -0.3 is 10.1 Å². The summed E-state index contributed by atoms with van der Waals surface area (Å²) in [6.07, 6.45) is 0.310. The first-order valence-electron chi connectivity index (χ1n) is 6.14. The Morgan fingerprint density at radius 2 is 2.00 bits per heavy atom. The van der Waals surface area contributed by atoms with Crippen molar-refractivity contribution in [2.75, 3.05) is 13.7 Å². The van der Waals surface area contributed by atoms with Gasteiger partial charge in [0.15, 0.2) is 0 Å². The van der Waals surface area contributed by atoms with Crippen molar-refractivity contribution in [1.82, 2.24) is 5.32 Å². The van der Waals surface area contributed by atoms with Crippen LogP contribution in [0.15, 0.2) is 30.3 Å². The van der Waals surface area contributed by atoms with Gasteiger partial charge in [-0.05, 0) is 18.9 Å². The monoisotopic (exact) mass is 301 g/mol. The normalized spacial score (nSPS) is 25.7. The second-order valence-corrected chi connectivity index (χ2v) is 6.54. The highest BCUT2D eigenvalue weighted by atomic mass is 35.5. The van der Waals surface area contributed by atoms with Crippen molar-refractivity contribution in [2.45, 2.75) is 23.8 Å². The van der Waals surface area contributed by atoms with Crippen molar-refractivity contribution < 1.29 is 9.53 Å². The highest BCUT2D eigenvalue weighted by Gasteiger charge is 2.67. The summed E-state index contributed by atoms with van der Waals surface area (Å²) in [6.45, 7) is 2.17. The number of nitrogens with one attached hydrogen (secondary N) is 1. The van der Waals surface area contributed by atoms with Crippen molar-refractivity contribution in [2.24, 2.45) is 5.41 Å². The summed E-state index contributed by atoms with van der Waals surface area (Å²) >= 11 is 12.0. The molecule has 0 radical (unpaired) electrons. The van der Waals surface area contributed by atoms with Gasteiger partial charge in [0.2, 0.25) is 5.91 Å². The largest absolute Gasteiger partial charge is 0.375 e. The Morgan fingerprint density at radius 1 is 1.42 bits per heavy atom. The number of alkyl halides is 2. The van der Waals surface area contributed by atoms with Crippen LogP contribution in [0.2, 0.25) is 0 Å². The fraction of sp³-hybridized carbons (Fsp3) is 0.500. The summed E-state index contributed by atoms with van der Waals surface area (Å²) in [4.78, 5) is 12.1. The number of carbonyl (C=O) groups is 1.